The zero-order chi connectivity index (χ0) is 24.5. The Morgan fingerprint density at radius 3 is 2.09 bits per heavy atom. The van der Waals surface area contributed by atoms with Gasteiger partial charge in [0.1, 0.15) is 12.1 Å². The van der Waals surface area contributed by atoms with E-state index in [-0.39, 0.29) is 12.5 Å². The van der Waals surface area contributed by atoms with E-state index in [1.54, 1.807) is 33.9 Å². The van der Waals surface area contributed by atoms with Gasteiger partial charge in [0, 0.05) is 12.7 Å². The summed E-state index contributed by atoms with van der Waals surface area (Å²) >= 11 is 0. The van der Waals surface area contributed by atoms with Crippen molar-refractivity contribution in [2.75, 3.05) is 11.9 Å². The molecule has 0 aliphatic heterocycles. The van der Waals surface area contributed by atoms with Crippen molar-refractivity contribution in [2.45, 2.75) is 32.9 Å². The van der Waals surface area contributed by atoms with Gasteiger partial charge in [0.25, 0.3) is 0 Å². The molecule has 0 saturated heterocycles. The van der Waals surface area contributed by atoms with Gasteiger partial charge in [-0.3, -0.25) is 9.36 Å². The van der Waals surface area contributed by atoms with Crippen LogP contribution in [0.2, 0.25) is 0 Å². The fourth-order valence-electron chi connectivity index (χ4n) is 3.74. The fraction of sp³-hybridized carbons (Fsp3) is 0.222. The van der Waals surface area contributed by atoms with Gasteiger partial charge in [-0.15, -0.1) is 0 Å². The minimum Gasteiger partial charge on any atom is -0.443 e. The van der Waals surface area contributed by atoms with Crippen LogP contribution in [-0.2, 0) is 16.1 Å². The van der Waals surface area contributed by atoms with Crippen LogP contribution in [0.3, 0.4) is 0 Å². The molecule has 0 bridgehead atoms. The van der Waals surface area contributed by atoms with E-state index in [2.05, 4.69) is 0 Å². The minimum absolute atomic E-state index is 0.227. The summed E-state index contributed by atoms with van der Waals surface area (Å²) in [5.74, 6) is -0.290. The lowest BCUT2D eigenvalue weighted by Gasteiger charge is -2.19. The standard InChI is InChI=1S/C27H27N3O4/c1-27(2,3)34-26(33)30-22-16-15-20(19-11-7-5-8-12-19)17-23(22)29(25(30)32)18-24(31)28(4)21-13-9-6-10-14-21/h5-17H,18H2,1-4H3. The van der Waals surface area contributed by atoms with Crippen LogP contribution in [0.5, 0.6) is 0 Å². The van der Waals surface area contributed by atoms with Crippen LogP contribution >= 0.6 is 0 Å². The Kier molecular flexibility index (Phi) is 6.11. The molecule has 4 aromatic rings. The van der Waals surface area contributed by atoms with Gasteiger partial charge < -0.3 is 9.64 Å². The molecule has 0 N–H and O–H groups in total. The monoisotopic (exact) mass is 457 g/mol. The highest BCUT2D eigenvalue weighted by molar-refractivity contribution is 5.95. The molecule has 7 heteroatoms. The summed E-state index contributed by atoms with van der Waals surface area (Å²) < 4.78 is 7.80. The van der Waals surface area contributed by atoms with Gasteiger partial charge in [-0.2, -0.15) is 4.57 Å². The molecule has 0 radical (unpaired) electrons. The molecule has 7 nitrogen and oxygen atoms in total. The largest absolute Gasteiger partial charge is 0.443 e. The van der Waals surface area contributed by atoms with E-state index in [0.29, 0.717) is 16.7 Å². The first-order chi connectivity index (χ1) is 16.2. The summed E-state index contributed by atoms with van der Waals surface area (Å²) in [6.07, 6.45) is -0.780. The number of hydrogen-bond acceptors (Lipinski definition) is 4. The van der Waals surface area contributed by atoms with Gasteiger partial charge in [0.15, 0.2) is 0 Å². The van der Waals surface area contributed by atoms with Gasteiger partial charge in [0.2, 0.25) is 5.91 Å². The molecule has 174 valence electrons. The van der Waals surface area contributed by atoms with Crippen LogP contribution < -0.4 is 10.6 Å². The quantitative estimate of drug-likeness (QED) is 0.436. The number of nitrogens with zero attached hydrogens (tertiary/aromatic N) is 3. The number of benzene rings is 3. The van der Waals surface area contributed by atoms with Gasteiger partial charge in [-0.05, 0) is 56.2 Å². The van der Waals surface area contributed by atoms with Crippen LogP contribution in [0.4, 0.5) is 10.5 Å². The lowest BCUT2D eigenvalue weighted by Crippen LogP contribution is -2.37. The maximum Gasteiger partial charge on any atom is 0.423 e. The highest BCUT2D eigenvalue weighted by Crippen LogP contribution is 2.25. The Hall–Kier alpha value is -4.13. The van der Waals surface area contributed by atoms with Crippen LogP contribution in [0, 0.1) is 0 Å². The summed E-state index contributed by atoms with van der Waals surface area (Å²) in [6.45, 7) is 4.98. The fourth-order valence-corrected chi connectivity index (χ4v) is 3.74. The third kappa shape index (κ3) is 4.64. The molecule has 4 rings (SSSR count). The normalized spacial score (nSPS) is 11.4. The highest BCUT2D eigenvalue weighted by atomic mass is 16.6. The SMILES string of the molecule is CN(C(=O)Cn1c(=O)n(C(=O)OC(C)(C)C)c2ccc(-c3ccccc3)cc21)c1ccccc1. The smallest absolute Gasteiger partial charge is 0.423 e. The molecular weight excluding hydrogens is 430 g/mol. The predicted octanol–water partition coefficient (Wildman–Crippen LogP) is 4.92. The zero-order valence-electron chi connectivity index (χ0n) is 19.7. The topological polar surface area (TPSA) is 73.5 Å². The lowest BCUT2D eigenvalue weighted by molar-refractivity contribution is -0.118. The third-order valence-corrected chi connectivity index (χ3v) is 5.42. The number of carbonyl (C=O) groups is 2. The van der Waals surface area contributed by atoms with E-state index in [1.807, 2.05) is 72.8 Å². The number of likely N-dealkylation sites (N-methyl/N-ethyl adjacent to an activating group) is 1. The van der Waals surface area contributed by atoms with Gasteiger partial charge in [0.05, 0.1) is 11.0 Å². The number of imidazole rings is 1. The van der Waals surface area contributed by atoms with E-state index >= 15 is 0 Å². The second-order valence-corrected chi connectivity index (χ2v) is 9.04. The number of amides is 1. The van der Waals surface area contributed by atoms with Crippen LogP contribution in [0.15, 0.2) is 83.7 Å². The Balaban J connectivity index is 1.83. The number of hydrogen-bond donors (Lipinski definition) is 0. The van der Waals surface area contributed by atoms with Crippen molar-refractivity contribution in [3.05, 3.63) is 89.3 Å². The average Bonchev–Trinajstić information content (AvgIpc) is 3.09. The van der Waals surface area contributed by atoms with Crippen molar-refractivity contribution in [2.24, 2.45) is 0 Å². The molecule has 0 saturated carbocycles. The molecule has 0 fully saturated rings. The zero-order valence-corrected chi connectivity index (χ0v) is 19.7. The number of para-hydroxylation sites is 1. The first-order valence-electron chi connectivity index (χ1n) is 11.0. The number of fused-ring (bicyclic) bond motifs is 1. The number of ether oxygens (including phenoxy) is 1. The second-order valence-electron chi connectivity index (χ2n) is 9.04. The van der Waals surface area contributed by atoms with Crippen LogP contribution in [0.25, 0.3) is 22.2 Å². The lowest BCUT2D eigenvalue weighted by atomic mass is 10.1. The van der Waals surface area contributed by atoms with Crippen molar-refractivity contribution in [3.8, 4) is 11.1 Å². The van der Waals surface area contributed by atoms with E-state index < -0.39 is 17.4 Å². The number of anilines is 1. The van der Waals surface area contributed by atoms with Crippen molar-refractivity contribution in [1.82, 2.24) is 9.13 Å². The van der Waals surface area contributed by atoms with Gasteiger partial charge in [-0.1, -0.05) is 54.6 Å². The van der Waals surface area contributed by atoms with Gasteiger partial charge >= 0.3 is 11.8 Å². The first-order valence-corrected chi connectivity index (χ1v) is 11.0. The molecule has 0 spiro atoms. The summed E-state index contributed by atoms with van der Waals surface area (Å²) in [7, 11) is 1.66. The van der Waals surface area contributed by atoms with Crippen molar-refractivity contribution in [1.29, 1.82) is 0 Å². The van der Waals surface area contributed by atoms with Crippen molar-refractivity contribution in [3.63, 3.8) is 0 Å². The van der Waals surface area contributed by atoms with E-state index in [0.717, 1.165) is 15.7 Å². The van der Waals surface area contributed by atoms with E-state index in [1.165, 1.54) is 9.47 Å². The Morgan fingerprint density at radius 1 is 0.853 bits per heavy atom. The average molecular weight is 458 g/mol. The van der Waals surface area contributed by atoms with E-state index in [9.17, 15) is 14.4 Å². The Labute approximate surface area is 197 Å². The molecule has 1 aromatic heterocycles. The Bertz CT molecular complexity index is 1400. The number of rotatable bonds is 4. The molecule has 3 aromatic carbocycles. The molecule has 1 heterocycles. The molecule has 34 heavy (non-hydrogen) atoms. The van der Waals surface area contributed by atoms with Crippen LogP contribution in [-0.4, -0.2) is 33.8 Å². The molecule has 0 aliphatic rings. The summed E-state index contributed by atoms with van der Waals surface area (Å²) in [6, 6.07) is 24.3. The molecule has 0 atom stereocenters. The van der Waals surface area contributed by atoms with E-state index in [4.69, 9.17) is 4.74 Å². The minimum atomic E-state index is -0.780. The number of aromatic nitrogens is 2. The third-order valence-electron chi connectivity index (χ3n) is 5.42. The van der Waals surface area contributed by atoms with Crippen molar-refractivity contribution >= 4 is 28.7 Å². The summed E-state index contributed by atoms with van der Waals surface area (Å²) in [5, 5.41) is 0. The van der Waals surface area contributed by atoms with Gasteiger partial charge in [-0.25, -0.2) is 9.59 Å². The molecular formula is C27H27N3O4. The predicted molar refractivity (Wildman–Crippen MR) is 133 cm³/mol. The maximum absolute atomic E-state index is 13.4. The summed E-state index contributed by atoms with van der Waals surface area (Å²) in [4.78, 5) is 41.0. The second kappa shape index (κ2) is 9.02. The van der Waals surface area contributed by atoms with Crippen LogP contribution in [0.1, 0.15) is 20.8 Å². The molecule has 0 unspecified atom stereocenters. The van der Waals surface area contributed by atoms with Crippen molar-refractivity contribution < 1.29 is 14.3 Å². The maximum atomic E-state index is 13.4. The number of carbonyl (C=O) groups excluding carboxylic acids is 2. The highest BCUT2D eigenvalue weighted by Gasteiger charge is 2.25. The summed E-state index contributed by atoms with van der Waals surface area (Å²) in [5.41, 5.74) is 2.00. The first kappa shape index (κ1) is 23.0. The molecule has 1 amide bonds. The molecule has 0 aliphatic carbocycles. The Morgan fingerprint density at radius 2 is 1.47 bits per heavy atom.